The van der Waals surface area contributed by atoms with E-state index in [1.807, 2.05) is 18.2 Å². The summed E-state index contributed by atoms with van der Waals surface area (Å²) in [5.41, 5.74) is 0.869. The van der Waals surface area contributed by atoms with Crippen LogP contribution in [-0.2, 0) is 9.59 Å². The van der Waals surface area contributed by atoms with Crippen LogP contribution in [-0.4, -0.2) is 16.9 Å². The Morgan fingerprint density at radius 1 is 1.39 bits per heavy atom. The summed E-state index contributed by atoms with van der Waals surface area (Å²) in [6, 6.07) is 0. The van der Waals surface area contributed by atoms with Crippen LogP contribution < -0.4 is 0 Å². The lowest BCUT2D eigenvalue weighted by Gasteiger charge is -2.07. The van der Waals surface area contributed by atoms with E-state index in [2.05, 4.69) is 6.58 Å². The quantitative estimate of drug-likeness (QED) is 0.407. The average molecular weight is 248 g/mol. The lowest BCUT2D eigenvalue weighted by molar-refractivity contribution is -0.137. The number of carbonyl (C=O) groups is 2. The van der Waals surface area contributed by atoms with Gasteiger partial charge >= 0.3 is 5.97 Å². The van der Waals surface area contributed by atoms with E-state index < -0.39 is 5.97 Å². The molecule has 0 fully saturated rings. The molecule has 0 bridgehead atoms. The van der Waals surface area contributed by atoms with Gasteiger partial charge in [-0.15, -0.1) is 6.58 Å². The molecule has 0 heterocycles. The Labute approximate surface area is 108 Å². The van der Waals surface area contributed by atoms with Crippen molar-refractivity contribution >= 4 is 11.8 Å². The van der Waals surface area contributed by atoms with Crippen molar-refractivity contribution in [3.05, 3.63) is 36.5 Å². The maximum absolute atomic E-state index is 11.6. The molecule has 3 heteroatoms. The Kier molecular flexibility index (Phi) is 6.12. The van der Waals surface area contributed by atoms with Gasteiger partial charge in [0.25, 0.3) is 0 Å². The number of carbonyl (C=O) groups excluding carboxylic acids is 1. The van der Waals surface area contributed by atoms with Gasteiger partial charge in [0.1, 0.15) is 0 Å². The Balaban J connectivity index is 2.30. The highest BCUT2D eigenvalue weighted by molar-refractivity contribution is 6.07. The third-order valence-electron chi connectivity index (χ3n) is 3.04. The molecular weight excluding hydrogens is 228 g/mol. The van der Waals surface area contributed by atoms with Crippen LogP contribution in [0.4, 0.5) is 0 Å². The maximum atomic E-state index is 11.6. The van der Waals surface area contributed by atoms with Gasteiger partial charge < -0.3 is 5.11 Å². The molecule has 0 amide bonds. The van der Waals surface area contributed by atoms with Crippen molar-refractivity contribution in [1.29, 1.82) is 0 Å². The first-order valence-electron chi connectivity index (χ1n) is 6.40. The van der Waals surface area contributed by atoms with E-state index in [1.165, 1.54) is 0 Å². The predicted molar refractivity (Wildman–Crippen MR) is 71.3 cm³/mol. The number of hydrogen-bond acceptors (Lipinski definition) is 2. The molecule has 0 radical (unpaired) electrons. The number of rotatable bonds is 8. The van der Waals surface area contributed by atoms with Crippen molar-refractivity contribution in [3.8, 4) is 0 Å². The molecule has 0 aromatic rings. The van der Waals surface area contributed by atoms with E-state index in [9.17, 15) is 9.59 Å². The Bertz CT molecular complexity index is 377. The molecule has 0 saturated carbocycles. The van der Waals surface area contributed by atoms with E-state index in [-0.39, 0.29) is 18.1 Å². The number of carboxylic acid groups (broad SMARTS) is 1. The van der Waals surface area contributed by atoms with Gasteiger partial charge in [0.15, 0.2) is 5.78 Å². The molecule has 1 rings (SSSR count). The number of hydrogen-bond donors (Lipinski definition) is 1. The van der Waals surface area contributed by atoms with Crippen LogP contribution in [0.25, 0.3) is 0 Å². The van der Waals surface area contributed by atoms with Crippen molar-refractivity contribution in [3.63, 3.8) is 0 Å². The fourth-order valence-corrected chi connectivity index (χ4v) is 2.08. The number of allylic oxidation sites excluding steroid dienone is 5. The Hall–Kier alpha value is -1.64. The standard InChI is InChI=1S/C15H20O3/c1-2-7-12-10-11-14(16)13(12)8-5-3-4-6-9-15(17)18/h2,8,10-12H,1,3-7,9H2,(H,17,18)/b13-8-. The van der Waals surface area contributed by atoms with Crippen LogP contribution in [0.2, 0.25) is 0 Å². The second-order valence-electron chi connectivity index (χ2n) is 4.51. The number of carboxylic acids is 1. The van der Waals surface area contributed by atoms with Crippen LogP contribution >= 0.6 is 0 Å². The van der Waals surface area contributed by atoms with Crippen LogP contribution in [0, 0.1) is 5.92 Å². The average Bonchev–Trinajstić information content (AvgIpc) is 2.66. The first-order valence-corrected chi connectivity index (χ1v) is 6.40. The zero-order chi connectivity index (χ0) is 13.4. The summed E-state index contributed by atoms with van der Waals surface area (Å²) >= 11 is 0. The summed E-state index contributed by atoms with van der Waals surface area (Å²) in [5.74, 6) is -0.448. The maximum Gasteiger partial charge on any atom is 0.303 e. The highest BCUT2D eigenvalue weighted by atomic mass is 16.4. The minimum absolute atomic E-state index is 0.104. The summed E-state index contributed by atoms with van der Waals surface area (Å²) < 4.78 is 0. The molecule has 0 aromatic carbocycles. The monoisotopic (exact) mass is 248 g/mol. The topological polar surface area (TPSA) is 54.4 Å². The summed E-state index contributed by atoms with van der Waals surface area (Å²) in [6.45, 7) is 3.69. The highest BCUT2D eigenvalue weighted by Crippen LogP contribution is 2.25. The van der Waals surface area contributed by atoms with Gasteiger partial charge in [-0.25, -0.2) is 0 Å². The van der Waals surface area contributed by atoms with E-state index >= 15 is 0 Å². The summed E-state index contributed by atoms with van der Waals surface area (Å²) in [6.07, 6.45) is 11.8. The molecule has 1 N–H and O–H groups in total. The van der Waals surface area contributed by atoms with E-state index in [0.29, 0.717) is 6.42 Å². The van der Waals surface area contributed by atoms with Crippen LogP contribution in [0.3, 0.4) is 0 Å². The highest BCUT2D eigenvalue weighted by Gasteiger charge is 2.20. The van der Waals surface area contributed by atoms with Gasteiger partial charge in [-0.2, -0.15) is 0 Å². The molecule has 3 nitrogen and oxygen atoms in total. The lowest BCUT2D eigenvalue weighted by Crippen LogP contribution is -2.02. The fraction of sp³-hybridized carbons (Fsp3) is 0.467. The summed E-state index contributed by atoms with van der Waals surface area (Å²) in [5, 5.41) is 8.50. The normalized spacial score (nSPS) is 20.6. The second kappa shape index (κ2) is 7.64. The Morgan fingerprint density at radius 3 is 2.83 bits per heavy atom. The number of aliphatic carboxylic acids is 1. The third-order valence-corrected chi connectivity index (χ3v) is 3.04. The lowest BCUT2D eigenvalue weighted by atomic mass is 9.97. The molecule has 0 aromatic heterocycles. The Morgan fingerprint density at radius 2 is 2.17 bits per heavy atom. The van der Waals surface area contributed by atoms with Crippen LogP contribution in [0.1, 0.15) is 38.5 Å². The van der Waals surface area contributed by atoms with Crippen molar-refractivity contribution in [2.24, 2.45) is 5.92 Å². The first-order chi connectivity index (χ1) is 8.65. The van der Waals surface area contributed by atoms with Crippen LogP contribution in [0.5, 0.6) is 0 Å². The zero-order valence-corrected chi connectivity index (χ0v) is 10.6. The summed E-state index contributed by atoms with van der Waals surface area (Å²) in [4.78, 5) is 21.9. The van der Waals surface area contributed by atoms with Gasteiger partial charge in [-0.05, 0) is 31.8 Å². The van der Waals surface area contributed by atoms with Gasteiger partial charge in [-0.3, -0.25) is 9.59 Å². The molecule has 1 aliphatic rings. The van der Waals surface area contributed by atoms with Crippen molar-refractivity contribution < 1.29 is 14.7 Å². The van der Waals surface area contributed by atoms with Crippen molar-refractivity contribution in [2.45, 2.75) is 38.5 Å². The molecule has 1 aliphatic carbocycles. The van der Waals surface area contributed by atoms with E-state index in [4.69, 9.17) is 5.11 Å². The second-order valence-corrected chi connectivity index (χ2v) is 4.51. The third kappa shape index (κ3) is 4.70. The SMILES string of the molecule is C=CCC1C=CC(=O)/C1=C\CCCCCC(=O)O. The largest absolute Gasteiger partial charge is 0.481 e. The van der Waals surface area contributed by atoms with Crippen LogP contribution in [0.15, 0.2) is 36.5 Å². The molecular formula is C15H20O3. The number of ketones is 1. The fourth-order valence-electron chi connectivity index (χ4n) is 2.08. The summed E-state index contributed by atoms with van der Waals surface area (Å²) in [7, 11) is 0. The number of unbranched alkanes of at least 4 members (excludes halogenated alkanes) is 3. The van der Waals surface area contributed by atoms with Gasteiger partial charge in [0.05, 0.1) is 0 Å². The van der Waals surface area contributed by atoms with Crippen molar-refractivity contribution in [1.82, 2.24) is 0 Å². The molecule has 0 spiro atoms. The predicted octanol–water partition coefficient (Wildman–Crippen LogP) is 3.28. The minimum Gasteiger partial charge on any atom is -0.481 e. The minimum atomic E-state index is -0.741. The molecule has 1 atom stereocenters. The van der Waals surface area contributed by atoms with Gasteiger partial charge in [0.2, 0.25) is 0 Å². The molecule has 1 unspecified atom stereocenters. The smallest absolute Gasteiger partial charge is 0.303 e. The first kappa shape index (κ1) is 14.4. The van der Waals surface area contributed by atoms with Gasteiger partial charge in [0, 0.05) is 17.9 Å². The van der Waals surface area contributed by atoms with E-state index in [1.54, 1.807) is 6.08 Å². The molecule has 0 aliphatic heterocycles. The zero-order valence-electron chi connectivity index (χ0n) is 10.6. The molecule has 0 saturated heterocycles. The molecule has 18 heavy (non-hydrogen) atoms. The molecule has 98 valence electrons. The van der Waals surface area contributed by atoms with E-state index in [0.717, 1.165) is 31.3 Å². The van der Waals surface area contributed by atoms with Gasteiger partial charge in [-0.1, -0.05) is 24.6 Å². The van der Waals surface area contributed by atoms with Crippen molar-refractivity contribution in [2.75, 3.05) is 0 Å².